The first-order valence-corrected chi connectivity index (χ1v) is 6.84. The molecule has 0 atom stereocenters. The first-order chi connectivity index (χ1) is 10.1. The van der Waals surface area contributed by atoms with Crippen LogP contribution in [0.2, 0.25) is 0 Å². The van der Waals surface area contributed by atoms with E-state index >= 15 is 0 Å². The molecule has 2 aromatic rings. The average Bonchev–Trinajstić information content (AvgIpc) is 2.52. The van der Waals surface area contributed by atoms with Crippen LogP contribution in [0.25, 0.3) is 0 Å². The third-order valence-corrected chi connectivity index (χ3v) is 3.24. The lowest BCUT2D eigenvalue weighted by molar-refractivity contribution is 0.278. The number of benzene rings is 2. The van der Waals surface area contributed by atoms with Crippen LogP contribution in [0.3, 0.4) is 0 Å². The van der Waals surface area contributed by atoms with Gasteiger partial charge in [-0.15, -0.1) is 0 Å². The molecule has 5 heteroatoms. The monoisotopic (exact) mass is 303 g/mol. The van der Waals surface area contributed by atoms with Crippen molar-refractivity contribution < 1.29 is 14.6 Å². The van der Waals surface area contributed by atoms with Crippen molar-refractivity contribution in [3.63, 3.8) is 0 Å². The molecule has 4 nitrogen and oxygen atoms in total. The third kappa shape index (κ3) is 3.93. The number of methoxy groups -OCH3 is 1. The summed E-state index contributed by atoms with van der Waals surface area (Å²) in [5, 5.41) is 9.10. The third-order valence-electron chi connectivity index (χ3n) is 3.02. The minimum atomic E-state index is -0.00628. The molecule has 0 saturated carbocycles. The van der Waals surface area contributed by atoms with Crippen LogP contribution in [0.1, 0.15) is 16.7 Å². The maximum atomic E-state index is 9.10. The van der Waals surface area contributed by atoms with Crippen molar-refractivity contribution in [2.75, 3.05) is 7.11 Å². The van der Waals surface area contributed by atoms with E-state index in [-0.39, 0.29) is 6.61 Å². The van der Waals surface area contributed by atoms with Gasteiger partial charge >= 0.3 is 0 Å². The summed E-state index contributed by atoms with van der Waals surface area (Å²) in [5.41, 5.74) is 8.10. The van der Waals surface area contributed by atoms with Crippen molar-refractivity contribution >= 4 is 17.2 Å². The Morgan fingerprint density at radius 1 is 1.19 bits per heavy atom. The van der Waals surface area contributed by atoms with E-state index < -0.39 is 0 Å². The van der Waals surface area contributed by atoms with Crippen LogP contribution in [-0.4, -0.2) is 17.2 Å². The van der Waals surface area contributed by atoms with Gasteiger partial charge in [-0.05, 0) is 35.4 Å². The topological polar surface area (TPSA) is 64.7 Å². The maximum Gasteiger partial charge on any atom is 0.129 e. The number of aliphatic hydroxyl groups excluding tert-OH is 1. The molecule has 0 aliphatic rings. The molecule has 0 aliphatic carbocycles. The van der Waals surface area contributed by atoms with Crippen LogP contribution < -0.4 is 15.2 Å². The fourth-order valence-electron chi connectivity index (χ4n) is 1.93. The number of hydrogen-bond donors (Lipinski definition) is 2. The largest absolute Gasteiger partial charge is 0.496 e. The quantitative estimate of drug-likeness (QED) is 0.802. The van der Waals surface area contributed by atoms with Gasteiger partial charge < -0.3 is 20.3 Å². The Labute approximate surface area is 129 Å². The number of hydrogen-bond acceptors (Lipinski definition) is 4. The molecule has 0 fully saturated rings. The fraction of sp³-hybridized carbons (Fsp3) is 0.188. The lowest BCUT2D eigenvalue weighted by Crippen LogP contribution is -2.11. The SMILES string of the molecule is COc1cc(COc2cccc(CO)c2)ccc1C(N)=S. The summed E-state index contributed by atoms with van der Waals surface area (Å²) in [6, 6.07) is 12.9. The van der Waals surface area contributed by atoms with Gasteiger partial charge in [-0.2, -0.15) is 0 Å². The van der Waals surface area contributed by atoms with Crippen molar-refractivity contribution in [2.45, 2.75) is 13.2 Å². The van der Waals surface area contributed by atoms with Crippen LogP contribution in [0, 0.1) is 0 Å². The second-order valence-electron chi connectivity index (χ2n) is 4.49. The Morgan fingerprint density at radius 2 is 2.00 bits per heavy atom. The van der Waals surface area contributed by atoms with Gasteiger partial charge in [0.2, 0.25) is 0 Å². The summed E-state index contributed by atoms with van der Waals surface area (Å²) in [7, 11) is 1.58. The standard InChI is InChI=1S/C16H17NO3S/c1-19-15-8-12(5-6-14(15)16(17)21)10-20-13-4-2-3-11(7-13)9-18/h2-8,18H,9-10H2,1H3,(H2,17,21). The first kappa shape index (κ1) is 15.3. The molecular weight excluding hydrogens is 286 g/mol. The smallest absolute Gasteiger partial charge is 0.129 e. The van der Waals surface area contributed by atoms with Gasteiger partial charge in [-0.3, -0.25) is 0 Å². The highest BCUT2D eigenvalue weighted by Gasteiger charge is 2.07. The van der Waals surface area contributed by atoms with Crippen molar-refractivity contribution in [1.29, 1.82) is 0 Å². The molecule has 21 heavy (non-hydrogen) atoms. The molecule has 0 aromatic heterocycles. The predicted octanol–water partition coefficient (Wildman–Crippen LogP) is 2.40. The Kier molecular flexibility index (Phi) is 5.14. The summed E-state index contributed by atoms with van der Waals surface area (Å²) in [6.45, 7) is 0.385. The van der Waals surface area contributed by atoms with Crippen LogP contribution in [0.5, 0.6) is 11.5 Å². The van der Waals surface area contributed by atoms with Crippen molar-refractivity contribution in [1.82, 2.24) is 0 Å². The molecular formula is C16H17NO3S. The number of rotatable bonds is 6. The zero-order chi connectivity index (χ0) is 15.2. The number of nitrogens with two attached hydrogens (primary N) is 1. The predicted molar refractivity (Wildman–Crippen MR) is 85.6 cm³/mol. The lowest BCUT2D eigenvalue weighted by atomic mass is 10.1. The molecule has 3 N–H and O–H groups in total. The molecule has 2 rings (SSSR count). The number of thiocarbonyl (C=S) groups is 1. The summed E-state index contributed by atoms with van der Waals surface area (Å²) >= 11 is 4.97. The van der Waals surface area contributed by atoms with Gasteiger partial charge in [0.15, 0.2) is 0 Å². The Hall–Kier alpha value is -2.11. The fourth-order valence-corrected chi connectivity index (χ4v) is 2.10. The van der Waals surface area contributed by atoms with Gasteiger partial charge in [0.25, 0.3) is 0 Å². The van der Waals surface area contributed by atoms with E-state index in [9.17, 15) is 0 Å². The molecule has 0 amide bonds. The van der Waals surface area contributed by atoms with Crippen molar-refractivity contribution in [3.05, 3.63) is 59.2 Å². The van der Waals surface area contributed by atoms with Crippen LogP contribution >= 0.6 is 12.2 Å². The Bertz CT molecular complexity index is 643. The average molecular weight is 303 g/mol. The van der Waals surface area contributed by atoms with Crippen molar-refractivity contribution in [3.8, 4) is 11.5 Å². The summed E-state index contributed by atoms with van der Waals surface area (Å²) in [6.07, 6.45) is 0. The molecule has 0 spiro atoms. The maximum absolute atomic E-state index is 9.10. The zero-order valence-corrected chi connectivity index (χ0v) is 12.5. The van der Waals surface area contributed by atoms with Crippen LogP contribution in [0.15, 0.2) is 42.5 Å². The minimum absolute atomic E-state index is 0.00628. The molecule has 110 valence electrons. The van der Waals surface area contributed by atoms with E-state index in [2.05, 4.69) is 0 Å². The second-order valence-corrected chi connectivity index (χ2v) is 4.93. The lowest BCUT2D eigenvalue weighted by Gasteiger charge is -2.11. The van der Waals surface area contributed by atoms with Crippen LogP contribution in [0.4, 0.5) is 0 Å². The summed E-state index contributed by atoms with van der Waals surface area (Å²) < 4.78 is 11.0. The van der Waals surface area contributed by atoms with E-state index in [1.165, 1.54) is 0 Å². The molecule has 0 aliphatic heterocycles. The highest BCUT2D eigenvalue weighted by Crippen LogP contribution is 2.22. The van der Waals surface area contributed by atoms with E-state index in [0.717, 1.165) is 11.1 Å². The highest BCUT2D eigenvalue weighted by molar-refractivity contribution is 7.80. The van der Waals surface area contributed by atoms with E-state index in [1.54, 1.807) is 13.2 Å². The molecule has 0 unspecified atom stereocenters. The van der Waals surface area contributed by atoms with Gasteiger partial charge in [0.05, 0.1) is 19.3 Å². The molecule has 0 saturated heterocycles. The highest BCUT2D eigenvalue weighted by atomic mass is 32.1. The van der Waals surface area contributed by atoms with Gasteiger partial charge in [0, 0.05) is 0 Å². The summed E-state index contributed by atoms with van der Waals surface area (Å²) in [5.74, 6) is 1.34. The Balaban J connectivity index is 2.11. The normalized spacial score (nSPS) is 10.2. The van der Waals surface area contributed by atoms with Crippen molar-refractivity contribution in [2.24, 2.45) is 5.73 Å². The molecule has 2 aromatic carbocycles. The van der Waals surface area contributed by atoms with Gasteiger partial charge in [0.1, 0.15) is 23.1 Å². The zero-order valence-electron chi connectivity index (χ0n) is 11.7. The van der Waals surface area contributed by atoms with E-state index in [0.29, 0.717) is 28.7 Å². The molecule has 0 heterocycles. The first-order valence-electron chi connectivity index (χ1n) is 6.43. The number of ether oxygens (including phenoxy) is 2. The van der Waals surface area contributed by atoms with E-state index in [4.69, 9.17) is 32.5 Å². The Morgan fingerprint density at radius 3 is 2.67 bits per heavy atom. The molecule has 0 radical (unpaired) electrons. The van der Waals surface area contributed by atoms with Gasteiger partial charge in [-0.25, -0.2) is 0 Å². The number of aliphatic hydroxyl groups is 1. The van der Waals surface area contributed by atoms with E-state index in [1.807, 2.05) is 36.4 Å². The second kappa shape index (κ2) is 7.06. The minimum Gasteiger partial charge on any atom is -0.496 e. The van der Waals surface area contributed by atoms with Crippen LogP contribution in [-0.2, 0) is 13.2 Å². The van der Waals surface area contributed by atoms with Gasteiger partial charge in [-0.1, -0.05) is 30.4 Å². The summed E-state index contributed by atoms with van der Waals surface area (Å²) in [4.78, 5) is 0.301. The molecule has 0 bridgehead atoms.